The van der Waals surface area contributed by atoms with E-state index in [-0.39, 0.29) is 6.03 Å². The van der Waals surface area contributed by atoms with E-state index in [1.807, 2.05) is 60.7 Å². The molecule has 2 amide bonds. The van der Waals surface area contributed by atoms with Crippen molar-refractivity contribution in [3.8, 4) is 0 Å². The van der Waals surface area contributed by atoms with E-state index >= 15 is 0 Å². The number of hydrogen-bond acceptors (Lipinski definition) is 3. The van der Waals surface area contributed by atoms with Crippen molar-refractivity contribution < 1.29 is 4.79 Å². The predicted molar refractivity (Wildman–Crippen MR) is 106 cm³/mol. The van der Waals surface area contributed by atoms with Gasteiger partial charge in [-0.25, -0.2) is 9.78 Å². The molecule has 132 valence electrons. The second kappa shape index (κ2) is 8.67. The summed E-state index contributed by atoms with van der Waals surface area (Å²) >= 11 is 0. The summed E-state index contributed by atoms with van der Waals surface area (Å²) in [7, 11) is 0. The number of amides is 2. The fourth-order valence-corrected chi connectivity index (χ4v) is 2.64. The standard InChI is InChI=1S/C21H22N4O/c1-2-25(16-17-9-5-3-6-10-17)19-13-14-20(22-15-19)24-21(26)23-18-11-7-4-8-12-18/h3-15H,2,16H2,1H3,(H2,22,23,24,26). The van der Waals surface area contributed by atoms with E-state index in [0.717, 1.165) is 24.5 Å². The highest BCUT2D eigenvalue weighted by Crippen LogP contribution is 2.18. The van der Waals surface area contributed by atoms with Crippen LogP contribution in [0.5, 0.6) is 0 Å². The average molecular weight is 346 g/mol. The minimum Gasteiger partial charge on any atom is -0.366 e. The van der Waals surface area contributed by atoms with E-state index in [9.17, 15) is 4.79 Å². The summed E-state index contributed by atoms with van der Waals surface area (Å²) in [6, 6.07) is 23.1. The quantitative estimate of drug-likeness (QED) is 0.677. The predicted octanol–water partition coefficient (Wildman–Crippen LogP) is 4.75. The third-order valence-corrected chi connectivity index (χ3v) is 3.98. The van der Waals surface area contributed by atoms with Gasteiger partial charge in [0.2, 0.25) is 0 Å². The molecule has 26 heavy (non-hydrogen) atoms. The van der Waals surface area contributed by atoms with Gasteiger partial charge in [-0.2, -0.15) is 0 Å². The van der Waals surface area contributed by atoms with Crippen LogP contribution >= 0.6 is 0 Å². The molecule has 0 saturated heterocycles. The number of para-hydroxylation sites is 1. The van der Waals surface area contributed by atoms with Gasteiger partial charge in [0.15, 0.2) is 0 Å². The minimum atomic E-state index is -0.312. The van der Waals surface area contributed by atoms with E-state index in [4.69, 9.17) is 0 Å². The van der Waals surface area contributed by atoms with Gasteiger partial charge in [-0.15, -0.1) is 0 Å². The molecule has 2 aromatic carbocycles. The van der Waals surface area contributed by atoms with Gasteiger partial charge in [-0.3, -0.25) is 5.32 Å². The van der Waals surface area contributed by atoms with Crippen molar-refractivity contribution in [1.82, 2.24) is 4.98 Å². The topological polar surface area (TPSA) is 57.3 Å². The lowest BCUT2D eigenvalue weighted by atomic mass is 10.2. The van der Waals surface area contributed by atoms with E-state index in [2.05, 4.69) is 39.6 Å². The van der Waals surface area contributed by atoms with E-state index in [0.29, 0.717) is 5.82 Å². The summed E-state index contributed by atoms with van der Waals surface area (Å²) < 4.78 is 0. The molecule has 0 fully saturated rings. The Labute approximate surface area is 153 Å². The molecule has 0 saturated carbocycles. The second-order valence-corrected chi connectivity index (χ2v) is 5.85. The molecule has 3 aromatic rings. The van der Waals surface area contributed by atoms with Crippen LogP contribution in [0.4, 0.5) is 22.0 Å². The van der Waals surface area contributed by atoms with Crippen molar-refractivity contribution in [2.75, 3.05) is 22.1 Å². The summed E-state index contributed by atoms with van der Waals surface area (Å²) in [6.07, 6.45) is 1.78. The lowest BCUT2D eigenvalue weighted by Crippen LogP contribution is -2.23. The van der Waals surface area contributed by atoms with Crippen LogP contribution in [0, 0.1) is 0 Å². The molecule has 2 N–H and O–H groups in total. The van der Waals surface area contributed by atoms with Crippen LogP contribution in [0.3, 0.4) is 0 Å². The number of anilines is 3. The van der Waals surface area contributed by atoms with E-state index < -0.39 is 0 Å². The lowest BCUT2D eigenvalue weighted by molar-refractivity contribution is 0.262. The molecule has 5 heteroatoms. The fourth-order valence-electron chi connectivity index (χ4n) is 2.64. The minimum absolute atomic E-state index is 0.312. The maximum atomic E-state index is 12.0. The molecule has 1 aromatic heterocycles. The molecule has 0 aliphatic rings. The van der Waals surface area contributed by atoms with E-state index in [1.165, 1.54) is 5.56 Å². The molecule has 1 heterocycles. The first-order valence-electron chi connectivity index (χ1n) is 8.62. The van der Waals surface area contributed by atoms with Crippen LogP contribution in [0.2, 0.25) is 0 Å². The zero-order valence-corrected chi connectivity index (χ0v) is 14.7. The number of aromatic nitrogens is 1. The molecule has 0 atom stereocenters. The van der Waals surface area contributed by atoms with Crippen molar-refractivity contribution in [2.45, 2.75) is 13.5 Å². The summed E-state index contributed by atoms with van der Waals surface area (Å²) in [6.45, 7) is 3.81. The largest absolute Gasteiger partial charge is 0.366 e. The summed E-state index contributed by atoms with van der Waals surface area (Å²) in [4.78, 5) is 18.6. The Morgan fingerprint density at radius 3 is 2.23 bits per heavy atom. The number of urea groups is 1. The lowest BCUT2D eigenvalue weighted by Gasteiger charge is -2.23. The highest BCUT2D eigenvalue weighted by molar-refractivity contribution is 5.99. The monoisotopic (exact) mass is 346 g/mol. The fraction of sp³-hybridized carbons (Fsp3) is 0.143. The number of carbonyl (C=O) groups excluding carboxylic acids is 1. The van der Waals surface area contributed by atoms with Crippen LogP contribution in [0.1, 0.15) is 12.5 Å². The van der Waals surface area contributed by atoms with E-state index in [1.54, 1.807) is 6.20 Å². The van der Waals surface area contributed by atoms with Crippen LogP contribution in [0.15, 0.2) is 79.0 Å². The second-order valence-electron chi connectivity index (χ2n) is 5.85. The Morgan fingerprint density at radius 1 is 0.923 bits per heavy atom. The van der Waals surface area contributed by atoms with Gasteiger partial charge in [0.1, 0.15) is 5.82 Å². The zero-order valence-electron chi connectivity index (χ0n) is 14.7. The first-order chi connectivity index (χ1) is 12.7. The molecular weight excluding hydrogens is 324 g/mol. The number of rotatable bonds is 6. The SMILES string of the molecule is CCN(Cc1ccccc1)c1ccc(NC(=O)Nc2ccccc2)nc1. The van der Waals surface area contributed by atoms with Crippen LogP contribution in [-0.4, -0.2) is 17.6 Å². The molecule has 0 bridgehead atoms. The Morgan fingerprint density at radius 2 is 1.62 bits per heavy atom. The Bertz CT molecular complexity index is 820. The van der Waals surface area contributed by atoms with Gasteiger partial charge in [0.25, 0.3) is 0 Å². The summed E-state index contributed by atoms with van der Waals surface area (Å²) in [5.41, 5.74) is 3.01. The maximum Gasteiger partial charge on any atom is 0.324 e. The smallest absolute Gasteiger partial charge is 0.324 e. The van der Waals surface area contributed by atoms with Gasteiger partial charge in [0.05, 0.1) is 11.9 Å². The number of hydrogen-bond donors (Lipinski definition) is 2. The van der Waals surface area contributed by atoms with Crippen molar-refractivity contribution in [2.24, 2.45) is 0 Å². The Balaban J connectivity index is 1.61. The molecule has 0 aliphatic carbocycles. The Hall–Kier alpha value is -3.34. The first-order valence-corrected chi connectivity index (χ1v) is 8.62. The summed E-state index contributed by atoms with van der Waals surface area (Å²) in [5.74, 6) is 0.512. The summed E-state index contributed by atoms with van der Waals surface area (Å²) in [5, 5.41) is 5.52. The molecule has 3 rings (SSSR count). The molecule has 0 radical (unpaired) electrons. The number of carbonyl (C=O) groups is 1. The first kappa shape index (κ1) is 17.5. The molecule has 5 nitrogen and oxygen atoms in total. The highest BCUT2D eigenvalue weighted by Gasteiger charge is 2.07. The van der Waals surface area contributed by atoms with Gasteiger partial charge < -0.3 is 10.2 Å². The third kappa shape index (κ3) is 4.83. The number of nitrogens with zero attached hydrogens (tertiary/aromatic N) is 2. The van der Waals surface area contributed by atoms with Gasteiger partial charge >= 0.3 is 6.03 Å². The van der Waals surface area contributed by atoms with Gasteiger partial charge in [-0.05, 0) is 36.8 Å². The maximum absolute atomic E-state index is 12.0. The molecule has 0 unspecified atom stereocenters. The molecule has 0 aliphatic heterocycles. The van der Waals surface area contributed by atoms with Crippen LogP contribution < -0.4 is 15.5 Å². The molecule has 0 spiro atoms. The third-order valence-electron chi connectivity index (χ3n) is 3.98. The molecular formula is C21H22N4O. The normalized spacial score (nSPS) is 10.2. The van der Waals surface area contributed by atoms with Crippen LogP contribution in [0.25, 0.3) is 0 Å². The van der Waals surface area contributed by atoms with Crippen molar-refractivity contribution in [3.05, 3.63) is 84.6 Å². The highest BCUT2D eigenvalue weighted by atomic mass is 16.2. The van der Waals surface area contributed by atoms with Crippen molar-refractivity contribution in [3.63, 3.8) is 0 Å². The van der Waals surface area contributed by atoms with Gasteiger partial charge in [0, 0.05) is 18.8 Å². The number of benzene rings is 2. The number of nitrogens with one attached hydrogen (secondary N) is 2. The zero-order chi connectivity index (χ0) is 18.2. The van der Waals surface area contributed by atoms with Gasteiger partial charge in [-0.1, -0.05) is 48.5 Å². The number of pyridine rings is 1. The average Bonchev–Trinajstić information content (AvgIpc) is 2.68. The van der Waals surface area contributed by atoms with Crippen LogP contribution in [-0.2, 0) is 6.54 Å². The Kier molecular flexibility index (Phi) is 5.83. The van der Waals surface area contributed by atoms with Crippen molar-refractivity contribution >= 4 is 23.2 Å². The van der Waals surface area contributed by atoms with Crippen molar-refractivity contribution in [1.29, 1.82) is 0 Å².